The minimum Gasteiger partial charge on any atom is -0.462 e. The summed E-state index contributed by atoms with van der Waals surface area (Å²) in [6.45, 7) is 3.81. The summed E-state index contributed by atoms with van der Waals surface area (Å²) in [5.41, 5.74) is 5.51. The minimum absolute atomic E-state index is 0.0385. The van der Waals surface area contributed by atoms with Crippen molar-refractivity contribution in [2.45, 2.75) is 38.8 Å². The zero-order chi connectivity index (χ0) is 9.56. The van der Waals surface area contributed by atoms with Crippen molar-refractivity contribution in [3.8, 4) is 0 Å². The Morgan fingerprint density at radius 2 is 2.25 bits per heavy atom. The third-order valence-corrected chi connectivity index (χ3v) is 1.89. The fourth-order valence-electron chi connectivity index (χ4n) is 0.626. The summed E-state index contributed by atoms with van der Waals surface area (Å²) < 4.78 is 5.02. The van der Waals surface area contributed by atoms with E-state index in [1.807, 2.05) is 13.8 Å². The summed E-state index contributed by atoms with van der Waals surface area (Å²) in [6.07, 6.45) is 1.35. The minimum atomic E-state index is -0.517. The molecule has 2 atom stereocenters. The Kier molecular flexibility index (Phi) is 6.20. The zero-order valence-electron chi connectivity index (χ0n) is 7.62. The molecule has 0 aliphatic carbocycles. The molecule has 2 N–H and O–H groups in total. The first-order valence-electron chi connectivity index (χ1n) is 4.18. The summed E-state index contributed by atoms with van der Waals surface area (Å²) in [7, 11) is 0. The Hall–Kier alpha value is -0.220. The van der Waals surface area contributed by atoms with Crippen molar-refractivity contribution in [1.82, 2.24) is 0 Å². The molecule has 0 spiro atoms. The van der Waals surface area contributed by atoms with E-state index < -0.39 is 6.04 Å². The van der Waals surface area contributed by atoms with E-state index >= 15 is 0 Å². The van der Waals surface area contributed by atoms with Gasteiger partial charge in [0.25, 0.3) is 0 Å². The maximum atomic E-state index is 11.1. The Balaban J connectivity index is 3.70. The van der Waals surface area contributed by atoms with Gasteiger partial charge in [-0.1, -0.05) is 6.92 Å². The summed E-state index contributed by atoms with van der Waals surface area (Å²) in [4.78, 5) is 11.1. The van der Waals surface area contributed by atoms with Crippen molar-refractivity contribution in [3.63, 3.8) is 0 Å². The molecule has 3 nitrogen and oxygen atoms in total. The maximum absolute atomic E-state index is 11.1. The molecule has 0 heterocycles. The number of thiol groups is 1. The molecule has 0 aromatic carbocycles. The van der Waals surface area contributed by atoms with E-state index in [4.69, 9.17) is 10.5 Å². The fourth-order valence-corrected chi connectivity index (χ4v) is 0.904. The number of esters is 1. The number of carbonyl (C=O) groups is 1. The lowest BCUT2D eigenvalue weighted by atomic mass is 10.2. The van der Waals surface area contributed by atoms with Crippen LogP contribution in [-0.2, 0) is 9.53 Å². The smallest absolute Gasteiger partial charge is 0.323 e. The molecule has 0 fully saturated rings. The van der Waals surface area contributed by atoms with Gasteiger partial charge in [-0.05, 0) is 25.5 Å². The van der Waals surface area contributed by atoms with Crippen LogP contribution < -0.4 is 5.73 Å². The first kappa shape index (κ1) is 11.8. The number of hydrogen-bond donors (Lipinski definition) is 2. The SMILES string of the molecule is CCC(C)OC(=O)C(N)CCS. The monoisotopic (exact) mass is 191 g/mol. The van der Waals surface area contributed by atoms with Gasteiger partial charge in [0.15, 0.2) is 0 Å². The van der Waals surface area contributed by atoms with Gasteiger partial charge in [-0.15, -0.1) is 0 Å². The van der Waals surface area contributed by atoms with Crippen LogP contribution in [0.3, 0.4) is 0 Å². The number of ether oxygens (including phenoxy) is 1. The highest BCUT2D eigenvalue weighted by Crippen LogP contribution is 2.00. The molecule has 0 rings (SSSR count). The van der Waals surface area contributed by atoms with Gasteiger partial charge in [0.2, 0.25) is 0 Å². The Labute approximate surface area is 79.1 Å². The standard InChI is InChI=1S/C8H17NO2S/c1-3-6(2)11-8(10)7(9)4-5-12/h6-7,12H,3-5,9H2,1-2H3. The quantitative estimate of drug-likeness (QED) is 0.503. The lowest BCUT2D eigenvalue weighted by Gasteiger charge is -2.14. The molecule has 0 radical (unpaired) electrons. The van der Waals surface area contributed by atoms with Gasteiger partial charge in [-0.25, -0.2) is 0 Å². The van der Waals surface area contributed by atoms with Gasteiger partial charge in [0.05, 0.1) is 6.10 Å². The molecule has 4 heteroatoms. The molecule has 0 saturated carbocycles. The molecule has 0 bridgehead atoms. The largest absolute Gasteiger partial charge is 0.462 e. The lowest BCUT2D eigenvalue weighted by Crippen LogP contribution is -2.34. The molecular weight excluding hydrogens is 174 g/mol. The average molecular weight is 191 g/mol. The highest BCUT2D eigenvalue weighted by Gasteiger charge is 2.15. The third kappa shape index (κ3) is 4.62. The van der Waals surface area contributed by atoms with Crippen molar-refractivity contribution in [2.75, 3.05) is 5.75 Å². The molecule has 12 heavy (non-hydrogen) atoms. The van der Waals surface area contributed by atoms with E-state index in [2.05, 4.69) is 12.6 Å². The lowest BCUT2D eigenvalue weighted by molar-refractivity contribution is -0.149. The van der Waals surface area contributed by atoms with E-state index in [1.165, 1.54) is 0 Å². The van der Waals surface area contributed by atoms with Crippen LogP contribution in [0.2, 0.25) is 0 Å². The molecular formula is C8H17NO2S. The van der Waals surface area contributed by atoms with Gasteiger partial charge < -0.3 is 10.5 Å². The zero-order valence-corrected chi connectivity index (χ0v) is 8.51. The maximum Gasteiger partial charge on any atom is 0.323 e. The van der Waals surface area contributed by atoms with Crippen molar-refractivity contribution in [1.29, 1.82) is 0 Å². The average Bonchev–Trinajstić information content (AvgIpc) is 2.04. The van der Waals surface area contributed by atoms with E-state index in [-0.39, 0.29) is 12.1 Å². The number of hydrogen-bond acceptors (Lipinski definition) is 4. The second-order valence-electron chi connectivity index (χ2n) is 2.77. The fraction of sp³-hybridized carbons (Fsp3) is 0.875. The predicted octanol–water partition coefficient (Wildman–Crippen LogP) is 0.975. The van der Waals surface area contributed by atoms with Crippen molar-refractivity contribution in [3.05, 3.63) is 0 Å². The number of nitrogens with two attached hydrogens (primary N) is 1. The molecule has 0 saturated heterocycles. The van der Waals surface area contributed by atoms with Crippen LogP contribution in [0.5, 0.6) is 0 Å². The van der Waals surface area contributed by atoms with Gasteiger partial charge in [0.1, 0.15) is 6.04 Å². The van der Waals surface area contributed by atoms with Crippen LogP contribution in [0.4, 0.5) is 0 Å². The van der Waals surface area contributed by atoms with Crippen LogP contribution in [0.15, 0.2) is 0 Å². The second-order valence-corrected chi connectivity index (χ2v) is 3.22. The molecule has 0 aliphatic heterocycles. The van der Waals surface area contributed by atoms with E-state index in [1.54, 1.807) is 0 Å². The summed E-state index contributed by atoms with van der Waals surface area (Å²) >= 11 is 3.98. The molecule has 0 aliphatic rings. The van der Waals surface area contributed by atoms with Gasteiger partial charge in [-0.2, -0.15) is 12.6 Å². The van der Waals surface area contributed by atoms with Crippen LogP contribution in [0.25, 0.3) is 0 Å². The third-order valence-electron chi connectivity index (χ3n) is 1.64. The normalized spacial score (nSPS) is 15.3. The molecule has 0 aromatic rings. The van der Waals surface area contributed by atoms with Gasteiger partial charge >= 0.3 is 5.97 Å². The predicted molar refractivity (Wildman–Crippen MR) is 52.3 cm³/mol. The highest BCUT2D eigenvalue weighted by molar-refractivity contribution is 7.80. The number of carbonyl (C=O) groups excluding carboxylic acids is 1. The summed E-state index contributed by atoms with van der Waals surface area (Å²) in [5, 5.41) is 0. The summed E-state index contributed by atoms with van der Waals surface area (Å²) in [5.74, 6) is 0.287. The molecule has 2 unspecified atom stereocenters. The highest BCUT2D eigenvalue weighted by atomic mass is 32.1. The van der Waals surface area contributed by atoms with E-state index in [9.17, 15) is 4.79 Å². The van der Waals surface area contributed by atoms with Crippen molar-refractivity contribution in [2.24, 2.45) is 5.73 Å². The van der Waals surface area contributed by atoms with Crippen molar-refractivity contribution >= 4 is 18.6 Å². The molecule has 0 aromatic heterocycles. The van der Waals surface area contributed by atoms with E-state index in [0.717, 1.165) is 6.42 Å². The van der Waals surface area contributed by atoms with Crippen molar-refractivity contribution < 1.29 is 9.53 Å². The topological polar surface area (TPSA) is 52.3 Å². The van der Waals surface area contributed by atoms with Crippen LogP contribution in [-0.4, -0.2) is 23.9 Å². The van der Waals surface area contributed by atoms with Gasteiger partial charge in [0, 0.05) is 0 Å². The Bertz CT molecular complexity index is 141. The molecule has 72 valence electrons. The van der Waals surface area contributed by atoms with Gasteiger partial charge in [-0.3, -0.25) is 4.79 Å². The van der Waals surface area contributed by atoms with Crippen LogP contribution in [0, 0.1) is 0 Å². The second kappa shape index (κ2) is 6.31. The first-order chi connectivity index (χ1) is 5.61. The van der Waals surface area contributed by atoms with Crippen LogP contribution >= 0.6 is 12.6 Å². The Morgan fingerprint density at radius 1 is 1.67 bits per heavy atom. The molecule has 0 amide bonds. The summed E-state index contributed by atoms with van der Waals surface area (Å²) in [6, 6.07) is -0.517. The first-order valence-corrected chi connectivity index (χ1v) is 4.82. The van der Waals surface area contributed by atoms with E-state index in [0.29, 0.717) is 12.2 Å². The van der Waals surface area contributed by atoms with Crippen LogP contribution in [0.1, 0.15) is 26.7 Å². The number of rotatable bonds is 5. The Morgan fingerprint density at radius 3 is 2.67 bits per heavy atom.